The number of hydrogen-bond acceptors (Lipinski definition) is 1. The Morgan fingerprint density at radius 1 is 1.06 bits per heavy atom. The van der Waals surface area contributed by atoms with Crippen molar-refractivity contribution in [3.05, 3.63) is 35.4 Å². The van der Waals surface area contributed by atoms with Gasteiger partial charge in [-0.2, -0.15) is 13.2 Å². The molecule has 104 valence electrons. The van der Waals surface area contributed by atoms with Crippen LogP contribution in [0, 0.1) is 0 Å². The first-order valence-electron chi connectivity index (χ1n) is 6.31. The summed E-state index contributed by atoms with van der Waals surface area (Å²) in [4.78, 5) is 0. The van der Waals surface area contributed by atoms with Crippen LogP contribution in [-0.2, 0) is 12.6 Å². The highest BCUT2D eigenvalue weighted by atomic mass is 19.4. The molecule has 0 heterocycles. The highest BCUT2D eigenvalue weighted by Crippen LogP contribution is 2.29. The topological polar surface area (TPSA) is 20.2 Å². The lowest BCUT2D eigenvalue weighted by Gasteiger charge is -2.08. The molecule has 0 fully saturated rings. The smallest absolute Gasteiger partial charge is 0.396 e. The SMILES string of the molecule is CC.OCCCCCc1cccc(C(F)(F)F)c1. The van der Waals surface area contributed by atoms with Crippen LogP contribution in [0.3, 0.4) is 0 Å². The fourth-order valence-corrected chi connectivity index (χ4v) is 1.52. The third kappa shape index (κ3) is 6.64. The molecule has 4 heteroatoms. The van der Waals surface area contributed by atoms with Gasteiger partial charge >= 0.3 is 6.18 Å². The number of aryl methyl sites for hydroxylation is 1. The first-order valence-corrected chi connectivity index (χ1v) is 6.31. The summed E-state index contributed by atoms with van der Waals surface area (Å²) in [6, 6.07) is 5.41. The maximum Gasteiger partial charge on any atom is 0.416 e. The molecule has 1 aromatic rings. The molecule has 0 bridgehead atoms. The van der Waals surface area contributed by atoms with Crippen molar-refractivity contribution in [2.75, 3.05) is 6.61 Å². The van der Waals surface area contributed by atoms with Crippen molar-refractivity contribution >= 4 is 0 Å². The predicted octanol–water partition coefficient (Wildman–Crippen LogP) is 4.44. The molecule has 1 aromatic carbocycles. The fourth-order valence-electron chi connectivity index (χ4n) is 1.52. The number of halogens is 3. The van der Waals surface area contributed by atoms with Crippen LogP contribution in [0.5, 0.6) is 0 Å². The van der Waals surface area contributed by atoms with E-state index >= 15 is 0 Å². The monoisotopic (exact) mass is 262 g/mol. The molecular weight excluding hydrogens is 241 g/mol. The maximum absolute atomic E-state index is 12.4. The van der Waals surface area contributed by atoms with Crippen LogP contribution in [-0.4, -0.2) is 11.7 Å². The molecule has 0 saturated carbocycles. The Bertz CT molecular complexity index is 321. The van der Waals surface area contributed by atoms with Crippen LogP contribution in [0.4, 0.5) is 13.2 Å². The van der Waals surface area contributed by atoms with Gasteiger partial charge in [-0.05, 0) is 30.9 Å². The summed E-state index contributed by atoms with van der Waals surface area (Å²) in [5.74, 6) is 0. The Kier molecular flexibility index (Phi) is 8.46. The lowest BCUT2D eigenvalue weighted by Crippen LogP contribution is -2.05. The molecule has 0 aliphatic rings. The number of alkyl halides is 3. The highest BCUT2D eigenvalue weighted by molar-refractivity contribution is 5.25. The second-order valence-electron chi connectivity index (χ2n) is 3.73. The lowest BCUT2D eigenvalue weighted by atomic mass is 10.0. The van der Waals surface area contributed by atoms with E-state index in [2.05, 4.69) is 0 Å². The van der Waals surface area contributed by atoms with Crippen molar-refractivity contribution in [3.8, 4) is 0 Å². The number of aliphatic hydroxyl groups excluding tert-OH is 1. The Hall–Kier alpha value is -1.03. The van der Waals surface area contributed by atoms with E-state index in [1.54, 1.807) is 6.07 Å². The Morgan fingerprint density at radius 3 is 2.28 bits per heavy atom. The fraction of sp³-hybridized carbons (Fsp3) is 0.571. The third-order valence-electron chi connectivity index (χ3n) is 2.38. The summed E-state index contributed by atoms with van der Waals surface area (Å²) >= 11 is 0. The number of unbranched alkanes of at least 4 members (excludes halogenated alkanes) is 2. The van der Waals surface area contributed by atoms with E-state index in [1.165, 1.54) is 12.1 Å². The molecule has 0 radical (unpaired) electrons. The standard InChI is InChI=1S/C12H15F3O.C2H6/c13-12(14,15)11-7-4-6-10(9-11)5-2-1-3-8-16;1-2/h4,6-7,9,16H,1-3,5,8H2;1-2H3. The molecule has 0 aliphatic heterocycles. The van der Waals surface area contributed by atoms with Crippen molar-refractivity contribution in [2.45, 2.75) is 45.7 Å². The summed E-state index contributed by atoms with van der Waals surface area (Å²) < 4.78 is 37.1. The van der Waals surface area contributed by atoms with Crippen LogP contribution >= 0.6 is 0 Å². The van der Waals surface area contributed by atoms with Crippen LogP contribution in [0.1, 0.15) is 44.2 Å². The second kappa shape index (κ2) is 8.97. The summed E-state index contributed by atoms with van der Waals surface area (Å²) in [7, 11) is 0. The van der Waals surface area contributed by atoms with Gasteiger partial charge in [-0.15, -0.1) is 0 Å². The second-order valence-corrected chi connectivity index (χ2v) is 3.73. The van der Waals surface area contributed by atoms with Crippen molar-refractivity contribution in [2.24, 2.45) is 0 Å². The molecule has 1 N–H and O–H groups in total. The number of aliphatic hydroxyl groups is 1. The highest BCUT2D eigenvalue weighted by Gasteiger charge is 2.30. The lowest BCUT2D eigenvalue weighted by molar-refractivity contribution is -0.137. The van der Waals surface area contributed by atoms with E-state index in [0.29, 0.717) is 18.4 Å². The third-order valence-corrected chi connectivity index (χ3v) is 2.38. The van der Waals surface area contributed by atoms with E-state index < -0.39 is 11.7 Å². The number of rotatable bonds is 5. The zero-order valence-corrected chi connectivity index (χ0v) is 10.9. The molecule has 0 aliphatic carbocycles. The summed E-state index contributed by atoms with van der Waals surface area (Å²) in [6.45, 7) is 4.14. The van der Waals surface area contributed by atoms with Gasteiger partial charge in [-0.1, -0.05) is 38.5 Å². The van der Waals surface area contributed by atoms with Gasteiger partial charge in [-0.3, -0.25) is 0 Å². The molecule has 18 heavy (non-hydrogen) atoms. The zero-order valence-electron chi connectivity index (χ0n) is 10.9. The van der Waals surface area contributed by atoms with Crippen molar-refractivity contribution in [1.82, 2.24) is 0 Å². The average molecular weight is 262 g/mol. The minimum Gasteiger partial charge on any atom is -0.396 e. The van der Waals surface area contributed by atoms with Crippen LogP contribution in [0.15, 0.2) is 24.3 Å². The zero-order chi connectivity index (χ0) is 14.0. The van der Waals surface area contributed by atoms with Crippen molar-refractivity contribution < 1.29 is 18.3 Å². The summed E-state index contributed by atoms with van der Waals surface area (Å²) in [6.07, 6.45) is -1.28. The first-order chi connectivity index (χ1) is 8.54. The van der Waals surface area contributed by atoms with Crippen molar-refractivity contribution in [3.63, 3.8) is 0 Å². The van der Waals surface area contributed by atoms with E-state index in [-0.39, 0.29) is 6.61 Å². The Balaban J connectivity index is 0.00000137. The van der Waals surface area contributed by atoms with Crippen LogP contribution in [0.2, 0.25) is 0 Å². The van der Waals surface area contributed by atoms with Gasteiger partial charge in [0.15, 0.2) is 0 Å². The summed E-state index contributed by atoms with van der Waals surface area (Å²) in [5.41, 5.74) is 0.111. The van der Waals surface area contributed by atoms with Crippen LogP contribution in [0.25, 0.3) is 0 Å². The quantitative estimate of drug-likeness (QED) is 0.778. The Morgan fingerprint density at radius 2 is 1.72 bits per heavy atom. The van der Waals surface area contributed by atoms with E-state index in [9.17, 15) is 13.2 Å². The predicted molar refractivity (Wildman–Crippen MR) is 67.4 cm³/mol. The molecule has 0 unspecified atom stereocenters. The van der Waals surface area contributed by atoms with Gasteiger partial charge in [0.2, 0.25) is 0 Å². The molecule has 0 atom stereocenters. The van der Waals surface area contributed by atoms with Gasteiger partial charge in [0.05, 0.1) is 5.56 Å². The van der Waals surface area contributed by atoms with Gasteiger partial charge in [0, 0.05) is 6.61 Å². The molecule has 0 aromatic heterocycles. The van der Waals surface area contributed by atoms with Gasteiger partial charge in [0.1, 0.15) is 0 Å². The molecule has 0 amide bonds. The van der Waals surface area contributed by atoms with E-state index in [1.807, 2.05) is 13.8 Å². The average Bonchev–Trinajstić information content (AvgIpc) is 2.37. The molecular formula is C14H21F3O. The van der Waals surface area contributed by atoms with Gasteiger partial charge in [0.25, 0.3) is 0 Å². The minimum atomic E-state index is -4.26. The van der Waals surface area contributed by atoms with Gasteiger partial charge in [-0.25, -0.2) is 0 Å². The Labute approximate surface area is 107 Å². The minimum absolute atomic E-state index is 0.141. The molecule has 0 saturated heterocycles. The van der Waals surface area contributed by atoms with Gasteiger partial charge < -0.3 is 5.11 Å². The normalized spacial score (nSPS) is 10.8. The molecule has 1 rings (SSSR count). The first kappa shape index (κ1) is 17.0. The molecule has 1 nitrogen and oxygen atoms in total. The van der Waals surface area contributed by atoms with E-state index in [0.717, 1.165) is 18.9 Å². The van der Waals surface area contributed by atoms with E-state index in [4.69, 9.17) is 5.11 Å². The number of benzene rings is 1. The number of hydrogen-bond donors (Lipinski definition) is 1. The largest absolute Gasteiger partial charge is 0.416 e. The van der Waals surface area contributed by atoms with Crippen molar-refractivity contribution in [1.29, 1.82) is 0 Å². The summed E-state index contributed by atoms with van der Waals surface area (Å²) in [5, 5.41) is 8.57. The maximum atomic E-state index is 12.4. The molecule has 0 spiro atoms. The van der Waals surface area contributed by atoms with Crippen LogP contribution < -0.4 is 0 Å².